The van der Waals surface area contributed by atoms with Gasteiger partial charge in [-0.05, 0) is 42.4 Å². The Morgan fingerprint density at radius 1 is 1.19 bits per heavy atom. The summed E-state index contributed by atoms with van der Waals surface area (Å²) in [7, 11) is 0. The molecular weight excluding hydrogens is 452 g/mol. The van der Waals surface area contributed by atoms with Gasteiger partial charge in [0.1, 0.15) is 3.70 Å². The zero-order valence-corrected chi connectivity index (χ0v) is 16.7. The van der Waals surface area contributed by atoms with E-state index < -0.39 is 0 Å². The van der Waals surface area contributed by atoms with Crippen LogP contribution in [-0.2, 0) is 9.47 Å². The third kappa shape index (κ3) is 2.50. The SMILES string of the molecule is C[C@@H]1COCCN1c1c(F)c(N2C3CCC2COC3)nc2n[nH]c(I)c12. The van der Waals surface area contributed by atoms with Crippen LogP contribution in [0.5, 0.6) is 0 Å². The Kier molecular flexibility index (Phi) is 4.20. The monoisotopic (exact) mass is 473 g/mol. The highest BCUT2D eigenvalue weighted by atomic mass is 127. The van der Waals surface area contributed by atoms with Crippen LogP contribution >= 0.6 is 22.6 Å². The van der Waals surface area contributed by atoms with Crippen molar-refractivity contribution in [3.8, 4) is 0 Å². The normalized spacial score (nSPS) is 29.0. The van der Waals surface area contributed by atoms with Gasteiger partial charge >= 0.3 is 0 Å². The third-order valence-corrected chi connectivity index (χ3v) is 6.48. The molecule has 3 fully saturated rings. The number of halogens is 2. The lowest BCUT2D eigenvalue weighted by Crippen LogP contribution is -2.47. The van der Waals surface area contributed by atoms with E-state index in [-0.39, 0.29) is 23.9 Å². The maximum Gasteiger partial charge on any atom is 0.189 e. The van der Waals surface area contributed by atoms with Crippen molar-refractivity contribution in [2.45, 2.75) is 37.9 Å². The predicted octanol–water partition coefficient (Wildman–Crippen LogP) is 2.29. The number of H-pyrrole nitrogens is 1. The van der Waals surface area contributed by atoms with Crippen molar-refractivity contribution in [3.63, 3.8) is 0 Å². The predicted molar refractivity (Wildman–Crippen MR) is 104 cm³/mol. The molecule has 9 heteroatoms. The van der Waals surface area contributed by atoms with Gasteiger partial charge in [0.15, 0.2) is 17.3 Å². The molecule has 2 bridgehead atoms. The molecule has 0 aromatic carbocycles. The van der Waals surface area contributed by atoms with E-state index in [1.54, 1.807) is 0 Å². The Labute approximate surface area is 164 Å². The Balaban J connectivity index is 1.70. The highest BCUT2D eigenvalue weighted by Gasteiger charge is 2.41. The number of ether oxygens (including phenoxy) is 2. The van der Waals surface area contributed by atoms with Gasteiger partial charge in [0.25, 0.3) is 0 Å². The zero-order chi connectivity index (χ0) is 17.8. The number of pyridine rings is 1. The third-order valence-electron chi connectivity index (χ3n) is 5.70. The van der Waals surface area contributed by atoms with Crippen LogP contribution in [0.25, 0.3) is 11.0 Å². The van der Waals surface area contributed by atoms with Gasteiger partial charge in [-0.2, -0.15) is 5.10 Å². The number of rotatable bonds is 2. The summed E-state index contributed by atoms with van der Waals surface area (Å²) in [6.45, 7) is 5.19. The van der Waals surface area contributed by atoms with Crippen LogP contribution < -0.4 is 9.80 Å². The first-order chi connectivity index (χ1) is 12.6. The number of morpholine rings is 2. The molecule has 7 nitrogen and oxygen atoms in total. The van der Waals surface area contributed by atoms with Crippen LogP contribution in [0.2, 0.25) is 0 Å². The minimum atomic E-state index is -0.246. The van der Waals surface area contributed by atoms with Gasteiger partial charge in [-0.3, -0.25) is 5.10 Å². The number of nitrogens with zero attached hydrogens (tertiary/aromatic N) is 4. The first kappa shape index (κ1) is 16.9. The Morgan fingerprint density at radius 3 is 2.69 bits per heavy atom. The molecular formula is C17H21FIN5O2. The molecule has 5 rings (SSSR count). The first-order valence-corrected chi connectivity index (χ1v) is 10.2. The fourth-order valence-corrected chi connectivity index (χ4v) is 5.06. The molecule has 0 saturated carbocycles. The average Bonchev–Trinajstić information content (AvgIpc) is 3.11. The van der Waals surface area contributed by atoms with Gasteiger partial charge in [0, 0.05) is 12.6 Å². The lowest BCUT2D eigenvalue weighted by Gasteiger charge is -2.38. The van der Waals surface area contributed by atoms with Crippen molar-refractivity contribution in [1.29, 1.82) is 0 Å². The van der Waals surface area contributed by atoms with Crippen LogP contribution in [0.15, 0.2) is 0 Å². The Morgan fingerprint density at radius 2 is 1.96 bits per heavy atom. The molecule has 1 N–H and O–H groups in total. The molecule has 0 spiro atoms. The van der Waals surface area contributed by atoms with Gasteiger partial charge in [-0.1, -0.05) is 0 Å². The van der Waals surface area contributed by atoms with Crippen molar-refractivity contribution in [2.75, 3.05) is 42.8 Å². The van der Waals surface area contributed by atoms with Crippen molar-refractivity contribution in [3.05, 3.63) is 9.52 Å². The zero-order valence-electron chi connectivity index (χ0n) is 14.5. The standard InChI is InChI=1S/C17H21FIN5O2/c1-9-6-25-5-4-23(9)14-12-15(19)21-22-16(12)20-17(13(14)18)24-10-2-3-11(24)8-26-7-10/h9-11H,2-8H2,1H3,(H,20,21,22)/t9-,10?,11?/m1/s1. The highest BCUT2D eigenvalue weighted by molar-refractivity contribution is 14.1. The fraction of sp³-hybridized carbons (Fsp3) is 0.647. The molecule has 3 saturated heterocycles. The van der Waals surface area contributed by atoms with Crippen molar-refractivity contribution in [1.82, 2.24) is 15.2 Å². The van der Waals surface area contributed by atoms with E-state index in [0.29, 0.717) is 50.1 Å². The topological polar surface area (TPSA) is 66.5 Å². The number of aromatic amines is 1. The maximum atomic E-state index is 15.9. The van der Waals surface area contributed by atoms with Crippen molar-refractivity contribution >= 4 is 45.1 Å². The van der Waals surface area contributed by atoms with E-state index >= 15 is 4.39 Å². The quantitative estimate of drug-likeness (QED) is 0.676. The summed E-state index contributed by atoms with van der Waals surface area (Å²) in [5.41, 5.74) is 1.18. The summed E-state index contributed by atoms with van der Waals surface area (Å²) in [6.07, 6.45) is 2.04. The highest BCUT2D eigenvalue weighted by Crippen LogP contribution is 2.41. The molecule has 0 aliphatic carbocycles. The van der Waals surface area contributed by atoms with Crippen LogP contribution in [0.1, 0.15) is 19.8 Å². The minimum absolute atomic E-state index is 0.101. The summed E-state index contributed by atoms with van der Waals surface area (Å²) in [5.74, 6) is 0.175. The fourth-order valence-electron chi connectivity index (χ4n) is 4.44. The van der Waals surface area contributed by atoms with E-state index in [4.69, 9.17) is 9.47 Å². The summed E-state index contributed by atoms with van der Waals surface area (Å²) in [4.78, 5) is 8.87. The van der Waals surface area contributed by atoms with Crippen molar-refractivity contribution < 1.29 is 13.9 Å². The van der Waals surface area contributed by atoms with Crippen LogP contribution in [-0.4, -0.2) is 66.3 Å². The van der Waals surface area contributed by atoms with E-state index in [9.17, 15) is 0 Å². The van der Waals surface area contributed by atoms with Crippen LogP contribution in [0, 0.1) is 9.52 Å². The molecule has 0 radical (unpaired) electrons. The maximum absolute atomic E-state index is 15.9. The summed E-state index contributed by atoms with van der Waals surface area (Å²) < 4.78 is 27.9. The molecule has 2 unspecified atom stereocenters. The second-order valence-electron chi connectivity index (χ2n) is 7.28. The molecule has 2 aromatic rings. The molecule has 2 aromatic heterocycles. The smallest absolute Gasteiger partial charge is 0.189 e. The van der Waals surface area contributed by atoms with Crippen molar-refractivity contribution in [2.24, 2.45) is 0 Å². The second kappa shape index (κ2) is 6.45. The van der Waals surface area contributed by atoms with E-state index in [1.807, 2.05) is 0 Å². The lowest BCUT2D eigenvalue weighted by atomic mass is 10.1. The van der Waals surface area contributed by atoms with Gasteiger partial charge in [0.05, 0.1) is 49.6 Å². The number of fused-ring (bicyclic) bond motifs is 3. The largest absolute Gasteiger partial charge is 0.377 e. The Bertz CT molecular complexity index is 830. The van der Waals surface area contributed by atoms with E-state index in [1.165, 1.54) is 0 Å². The van der Waals surface area contributed by atoms with Crippen LogP contribution in [0.3, 0.4) is 0 Å². The molecule has 26 heavy (non-hydrogen) atoms. The number of nitrogens with one attached hydrogen (secondary N) is 1. The average molecular weight is 473 g/mol. The molecule has 3 atom stereocenters. The Hall–Kier alpha value is -1.20. The number of hydrogen-bond acceptors (Lipinski definition) is 6. The van der Waals surface area contributed by atoms with Gasteiger partial charge in [0.2, 0.25) is 0 Å². The van der Waals surface area contributed by atoms with Crippen LogP contribution in [0.4, 0.5) is 15.9 Å². The second-order valence-corrected chi connectivity index (χ2v) is 8.36. The number of hydrogen-bond donors (Lipinski definition) is 1. The molecule has 3 aliphatic rings. The molecule has 3 aliphatic heterocycles. The number of anilines is 2. The van der Waals surface area contributed by atoms with Gasteiger partial charge in [-0.25, -0.2) is 9.37 Å². The summed E-state index contributed by atoms with van der Waals surface area (Å²) in [6, 6.07) is 0.492. The van der Waals surface area contributed by atoms with Gasteiger partial charge < -0.3 is 19.3 Å². The lowest BCUT2D eigenvalue weighted by molar-refractivity contribution is 0.0897. The summed E-state index contributed by atoms with van der Waals surface area (Å²) >= 11 is 2.17. The van der Waals surface area contributed by atoms with E-state index in [2.05, 4.69) is 54.5 Å². The molecule has 140 valence electrons. The minimum Gasteiger partial charge on any atom is -0.377 e. The molecule has 0 amide bonds. The first-order valence-electron chi connectivity index (χ1n) is 9.08. The van der Waals surface area contributed by atoms with Gasteiger partial charge in [-0.15, -0.1) is 0 Å². The summed E-state index contributed by atoms with van der Waals surface area (Å²) in [5, 5.41) is 8.08. The molecule has 5 heterocycles. The number of aromatic nitrogens is 3. The van der Waals surface area contributed by atoms with E-state index in [0.717, 1.165) is 21.9 Å².